The van der Waals surface area contributed by atoms with E-state index in [1.807, 2.05) is 0 Å². The summed E-state index contributed by atoms with van der Waals surface area (Å²) in [4.78, 5) is 13.2. The summed E-state index contributed by atoms with van der Waals surface area (Å²) >= 11 is 0. The fourth-order valence-corrected chi connectivity index (χ4v) is 9.11. The van der Waals surface area contributed by atoms with Crippen molar-refractivity contribution < 1.29 is 4.79 Å². The Kier molecular flexibility index (Phi) is 2.83. The van der Waals surface area contributed by atoms with Crippen LogP contribution in [-0.2, 0) is 0 Å². The molecule has 0 heterocycles. The van der Waals surface area contributed by atoms with Crippen molar-refractivity contribution in [2.75, 3.05) is 0 Å². The Hall–Kier alpha value is -0.730. The number of nitrogens with one attached hydrogen (secondary N) is 2. The third-order valence-electron chi connectivity index (χ3n) is 9.77. The molecule has 0 unspecified atom stereocenters. The van der Waals surface area contributed by atoms with Crippen molar-refractivity contribution in [1.29, 1.82) is 0 Å². The Morgan fingerprint density at radius 1 is 0.708 bits per heavy atom. The van der Waals surface area contributed by atoms with E-state index < -0.39 is 0 Å². The highest BCUT2D eigenvalue weighted by molar-refractivity contribution is 5.76. The van der Waals surface area contributed by atoms with Crippen LogP contribution in [0, 0.1) is 35.5 Å². The van der Waals surface area contributed by atoms with E-state index in [4.69, 9.17) is 0 Å². The Morgan fingerprint density at radius 3 is 1.71 bits per heavy atom. The number of rotatable bonds is 2. The highest BCUT2D eigenvalue weighted by Gasteiger charge is 2.63. The van der Waals surface area contributed by atoms with Gasteiger partial charge in [0.05, 0.1) is 0 Å². The second kappa shape index (κ2) is 4.71. The topological polar surface area (TPSA) is 41.1 Å². The molecule has 6 rings (SSSR count). The summed E-state index contributed by atoms with van der Waals surface area (Å²) in [5.74, 6) is 4.96. The number of urea groups is 1. The van der Waals surface area contributed by atoms with Crippen molar-refractivity contribution in [3.63, 3.8) is 0 Å². The SMILES string of the molecule is O=C(N[C@]12CCC[C@@H]1[C@H]1CC[C@@H]2C1)N[C@@]12CCC[C@H]1[C@H]1CC[C@@H]2C1. The number of hydrogen-bond acceptors (Lipinski definition) is 1. The van der Waals surface area contributed by atoms with E-state index in [9.17, 15) is 4.79 Å². The molecule has 2 N–H and O–H groups in total. The second-order valence-electron chi connectivity index (χ2n) is 10.2. The first-order valence-electron chi connectivity index (χ1n) is 10.8. The monoisotopic (exact) mass is 328 g/mol. The minimum absolute atomic E-state index is 0.176. The zero-order valence-corrected chi connectivity index (χ0v) is 14.9. The molecule has 0 aromatic heterocycles. The molecule has 0 spiro atoms. The van der Waals surface area contributed by atoms with Gasteiger partial charge in [0, 0.05) is 11.1 Å². The molecule has 8 atom stereocenters. The Bertz CT molecular complexity index is 528. The molecule has 3 heteroatoms. The van der Waals surface area contributed by atoms with Gasteiger partial charge >= 0.3 is 6.03 Å². The highest BCUT2D eigenvalue weighted by Crippen LogP contribution is 2.62. The van der Waals surface area contributed by atoms with Crippen LogP contribution < -0.4 is 10.6 Å². The molecule has 0 aromatic carbocycles. The van der Waals surface area contributed by atoms with Gasteiger partial charge in [-0.05, 0) is 99.7 Å². The van der Waals surface area contributed by atoms with Gasteiger partial charge in [0.1, 0.15) is 0 Å². The quantitative estimate of drug-likeness (QED) is 0.783. The van der Waals surface area contributed by atoms with Crippen molar-refractivity contribution in [2.45, 2.75) is 88.1 Å². The van der Waals surface area contributed by atoms with E-state index in [2.05, 4.69) is 10.6 Å². The van der Waals surface area contributed by atoms with Gasteiger partial charge < -0.3 is 10.6 Å². The molecular weight excluding hydrogens is 296 g/mol. The number of carbonyl (C=O) groups excluding carboxylic acids is 1. The molecule has 6 aliphatic rings. The molecule has 0 aromatic rings. The first-order chi connectivity index (χ1) is 11.7. The molecule has 4 bridgehead atoms. The summed E-state index contributed by atoms with van der Waals surface area (Å²) in [7, 11) is 0. The molecule has 6 aliphatic carbocycles. The smallest absolute Gasteiger partial charge is 0.315 e. The van der Waals surface area contributed by atoms with Crippen molar-refractivity contribution >= 4 is 6.03 Å². The summed E-state index contributed by atoms with van der Waals surface area (Å²) in [6.45, 7) is 0. The van der Waals surface area contributed by atoms with E-state index in [0.29, 0.717) is 0 Å². The highest BCUT2D eigenvalue weighted by atomic mass is 16.2. The number of fused-ring (bicyclic) bond motifs is 10. The lowest BCUT2D eigenvalue weighted by atomic mass is 9.74. The predicted molar refractivity (Wildman–Crippen MR) is 93.5 cm³/mol. The third kappa shape index (κ3) is 1.63. The van der Waals surface area contributed by atoms with Crippen LogP contribution in [-0.4, -0.2) is 17.1 Å². The van der Waals surface area contributed by atoms with Crippen LogP contribution in [0.5, 0.6) is 0 Å². The van der Waals surface area contributed by atoms with E-state index in [1.54, 1.807) is 0 Å². The van der Waals surface area contributed by atoms with Gasteiger partial charge in [0.25, 0.3) is 0 Å². The maximum Gasteiger partial charge on any atom is 0.315 e. The van der Waals surface area contributed by atoms with Gasteiger partial charge in [-0.25, -0.2) is 4.79 Å². The normalized spacial score (nSPS) is 56.5. The molecular formula is C21H32N2O. The molecule has 3 nitrogen and oxygen atoms in total. The molecule has 0 aliphatic heterocycles. The zero-order chi connectivity index (χ0) is 15.9. The van der Waals surface area contributed by atoms with Crippen molar-refractivity contribution in [1.82, 2.24) is 10.6 Å². The van der Waals surface area contributed by atoms with Crippen LogP contribution >= 0.6 is 0 Å². The van der Waals surface area contributed by atoms with Crippen LogP contribution in [0.4, 0.5) is 4.79 Å². The van der Waals surface area contributed by atoms with E-state index in [0.717, 1.165) is 35.5 Å². The Balaban J connectivity index is 1.23. The van der Waals surface area contributed by atoms with Gasteiger partial charge in [-0.15, -0.1) is 0 Å². The maximum atomic E-state index is 13.2. The standard InChI is InChI=1S/C21H32N2O/c24-19(22-20-9-1-3-17(20)13-5-7-15(20)11-13)23-21-10-2-4-18(21)14-6-8-16(21)12-14/h13-18H,1-12H2,(H2,22,23,24)/t13-,14-,15+,16+,17-,18+,20+,21-/m0/s1. The van der Waals surface area contributed by atoms with Crippen molar-refractivity contribution in [2.24, 2.45) is 35.5 Å². The molecule has 2 amide bonds. The van der Waals surface area contributed by atoms with E-state index in [-0.39, 0.29) is 17.1 Å². The zero-order valence-electron chi connectivity index (χ0n) is 14.9. The molecule has 0 saturated heterocycles. The van der Waals surface area contributed by atoms with Crippen LogP contribution in [0.2, 0.25) is 0 Å². The number of carbonyl (C=O) groups is 1. The molecule has 132 valence electrons. The van der Waals surface area contributed by atoms with Crippen LogP contribution in [0.25, 0.3) is 0 Å². The van der Waals surface area contributed by atoms with E-state index >= 15 is 0 Å². The largest absolute Gasteiger partial charge is 0.332 e. The molecule has 0 radical (unpaired) electrons. The minimum atomic E-state index is 0.176. The van der Waals surface area contributed by atoms with Gasteiger partial charge in [0.15, 0.2) is 0 Å². The average molecular weight is 329 g/mol. The maximum absolute atomic E-state index is 13.2. The second-order valence-corrected chi connectivity index (χ2v) is 10.2. The Labute approximate surface area is 145 Å². The first-order valence-corrected chi connectivity index (χ1v) is 10.8. The fraction of sp³-hybridized carbons (Fsp3) is 0.952. The number of amides is 2. The van der Waals surface area contributed by atoms with E-state index in [1.165, 1.54) is 77.0 Å². The summed E-state index contributed by atoms with van der Waals surface area (Å²) in [6.07, 6.45) is 16.2. The van der Waals surface area contributed by atoms with Crippen molar-refractivity contribution in [3.8, 4) is 0 Å². The lowest BCUT2D eigenvalue weighted by Crippen LogP contribution is -2.63. The van der Waals surface area contributed by atoms with Gasteiger partial charge in [0.2, 0.25) is 0 Å². The van der Waals surface area contributed by atoms with Crippen LogP contribution in [0.15, 0.2) is 0 Å². The van der Waals surface area contributed by atoms with Gasteiger partial charge in [-0.2, -0.15) is 0 Å². The predicted octanol–water partition coefficient (Wildman–Crippen LogP) is 4.22. The minimum Gasteiger partial charge on any atom is -0.332 e. The molecule has 6 fully saturated rings. The summed E-state index contributed by atoms with van der Waals surface area (Å²) < 4.78 is 0. The fourth-order valence-electron chi connectivity index (χ4n) is 9.11. The molecule has 24 heavy (non-hydrogen) atoms. The first kappa shape index (κ1) is 14.4. The lowest BCUT2D eigenvalue weighted by molar-refractivity contribution is 0.131. The van der Waals surface area contributed by atoms with Crippen molar-refractivity contribution in [3.05, 3.63) is 0 Å². The molecule has 6 saturated carbocycles. The summed E-state index contributed by atoms with van der Waals surface area (Å²) in [6, 6.07) is 0.203. The lowest BCUT2D eigenvalue weighted by Gasteiger charge is -2.44. The average Bonchev–Trinajstić information content (AvgIpc) is 3.34. The Morgan fingerprint density at radius 2 is 1.21 bits per heavy atom. The summed E-state index contributed by atoms with van der Waals surface area (Å²) in [5.41, 5.74) is 0.352. The van der Waals surface area contributed by atoms with Gasteiger partial charge in [-0.1, -0.05) is 12.8 Å². The third-order valence-corrected chi connectivity index (χ3v) is 9.77. The van der Waals surface area contributed by atoms with Gasteiger partial charge in [-0.3, -0.25) is 0 Å². The van der Waals surface area contributed by atoms with Crippen LogP contribution in [0.1, 0.15) is 77.0 Å². The summed E-state index contributed by atoms with van der Waals surface area (Å²) in [5, 5.41) is 7.26. The number of hydrogen-bond donors (Lipinski definition) is 2. The van der Waals surface area contributed by atoms with Crippen LogP contribution in [0.3, 0.4) is 0 Å².